The average molecular weight is 430 g/mol. The maximum absolute atomic E-state index is 2.60. The summed E-state index contributed by atoms with van der Waals surface area (Å²) in [5, 5.41) is 6.96. The quantitative estimate of drug-likeness (QED) is 0.147. The van der Waals surface area contributed by atoms with Crippen LogP contribution >= 0.6 is 0 Å². The number of rotatable bonds is 1. The summed E-state index contributed by atoms with van der Waals surface area (Å²) in [6, 6.07) is 19.1. The summed E-state index contributed by atoms with van der Waals surface area (Å²) in [6.07, 6.45) is 7.99. The van der Waals surface area contributed by atoms with Crippen molar-refractivity contribution in [3.05, 3.63) is 71.4 Å². The van der Waals surface area contributed by atoms with Gasteiger partial charge in [-0.05, 0) is 85.6 Å². The van der Waals surface area contributed by atoms with Gasteiger partial charge in [0, 0.05) is 16.8 Å². The van der Waals surface area contributed by atoms with E-state index in [0.29, 0.717) is 0 Å². The Kier molecular flexibility index (Phi) is 3.36. The van der Waals surface area contributed by atoms with Crippen LogP contribution in [0.4, 0.5) is 0 Å². The lowest BCUT2D eigenvalue weighted by Gasteiger charge is -2.23. The molecular weight excluding hydrogens is 400 g/mol. The molecular formula is C31H29N2+. The standard InChI is InChI=1S/C31H29N2/c1-17-4-9-26-25(12-17)23-8-5-18(2)28-30(23)33(26)27-16-22(24-14-19-6-7-20(24)13-19)15-21-10-11-32(3)31(28)29(21)27/h4-5,8-12,15-16,19-20,24H,6-7,13-14H2,1-3H3/q+1. The van der Waals surface area contributed by atoms with Gasteiger partial charge in [-0.1, -0.05) is 36.2 Å². The van der Waals surface area contributed by atoms with Crippen LogP contribution in [0.3, 0.4) is 0 Å². The van der Waals surface area contributed by atoms with Gasteiger partial charge in [0.15, 0.2) is 6.20 Å². The Morgan fingerprint density at radius 3 is 2.58 bits per heavy atom. The average Bonchev–Trinajstić information content (AvgIpc) is 3.52. The summed E-state index contributed by atoms with van der Waals surface area (Å²) < 4.78 is 4.94. The molecule has 6 aromatic rings. The Hall–Kier alpha value is -3.13. The Balaban J connectivity index is 1.63. The molecule has 2 fully saturated rings. The SMILES string of the molecule is Cc1ccc2c(c1)c1ccc(C)c3c1n2c1cc(C2CC4CCC2C4)cc2cc[n+](C)c3c21. The lowest BCUT2D eigenvalue weighted by molar-refractivity contribution is -0.643. The molecule has 3 atom stereocenters. The van der Waals surface area contributed by atoms with Crippen molar-refractivity contribution in [2.45, 2.75) is 45.4 Å². The minimum atomic E-state index is 0.736. The third-order valence-corrected chi connectivity index (χ3v) is 9.17. The first-order chi connectivity index (χ1) is 16.1. The summed E-state index contributed by atoms with van der Waals surface area (Å²) in [5.74, 6) is 2.59. The zero-order chi connectivity index (χ0) is 22.0. The predicted molar refractivity (Wildman–Crippen MR) is 137 cm³/mol. The van der Waals surface area contributed by atoms with Crippen molar-refractivity contribution in [3.8, 4) is 0 Å². The number of benzene rings is 3. The summed E-state index contributed by atoms with van der Waals surface area (Å²) in [5.41, 5.74) is 9.74. The first-order valence-corrected chi connectivity index (χ1v) is 12.6. The number of pyridine rings is 2. The zero-order valence-electron chi connectivity index (χ0n) is 19.7. The van der Waals surface area contributed by atoms with Gasteiger partial charge >= 0.3 is 0 Å². The van der Waals surface area contributed by atoms with Gasteiger partial charge in [-0.15, -0.1) is 0 Å². The number of nitrogens with zero attached hydrogens (tertiary/aromatic N) is 2. The van der Waals surface area contributed by atoms with E-state index >= 15 is 0 Å². The molecule has 2 heteroatoms. The molecule has 162 valence electrons. The Bertz CT molecular complexity index is 1770. The zero-order valence-corrected chi connectivity index (χ0v) is 19.7. The van der Waals surface area contributed by atoms with E-state index in [0.717, 1.165) is 17.8 Å². The second-order valence-corrected chi connectivity index (χ2v) is 11.1. The fourth-order valence-corrected chi connectivity index (χ4v) is 7.72. The number of aryl methyl sites for hydroxylation is 3. The molecule has 0 spiro atoms. The molecule has 3 aromatic carbocycles. The van der Waals surface area contributed by atoms with E-state index in [1.54, 1.807) is 5.56 Å². The van der Waals surface area contributed by atoms with Gasteiger partial charge in [0.25, 0.3) is 0 Å². The summed E-state index contributed by atoms with van der Waals surface area (Å²) >= 11 is 0. The van der Waals surface area contributed by atoms with E-state index in [2.05, 4.69) is 84.6 Å². The smallest absolute Gasteiger partial charge is 0.224 e. The minimum Gasteiger partial charge on any atom is -0.307 e. The van der Waals surface area contributed by atoms with Crippen LogP contribution in [0.2, 0.25) is 0 Å². The van der Waals surface area contributed by atoms with Crippen LogP contribution in [0.15, 0.2) is 54.7 Å². The van der Waals surface area contributed by atoms with Crippen LogP contribution in [0, 0.1) is 25.7 Å². The predicted octanol–water partition coefficient (Wildman–Crippen LogP) is 7.33. The molecule has 2 aliphatic rings. The molecule has 33 heavy (non-hydrogen) atoms. The fourth-order valence-electron chi connectivity index (χ4n) is 7.72. The van der Waals surface area contributed by atoms with Gasteiger partial charge in [-0.3, -0.25) is 0 Å². The summed E-state index contributed by atoms with van der Waals surface area (Å²) in [7, 11) is 2.21. The minimum absolute atomic E-state index is 0.736. The van der Waals surface area contributed by atoms with Crippen molar-refractivity contribution >= 4 is 49.0 Å². The largest absolute Gasteiger partial charge is 0.307 e. The first-order valence-electron chi connectivity index (χ1n) is 12.6. The van der Waals surface area contributed by atoms with Crippen molar-refractivity contribution in [1.82, 2.24) is 4.40 Å². The summed E-state index contributed by atoms with van der Waals surface area (Å²) in [4.78, 5) is 0. The highest BCUT2D eigenvalue weighted by molar-refractivity contribution is 6.25. The van der Waals surface area contributed by atoms with E-state index in [-0.39, 0.29) is 0 Å². The number of hydrogen-bond acceptors (Lipinski definition) is 0. The number of hydrogen-bond donors (Lipinski definition) is 0. The Labute approximate surface area is 193 Å². The van der Waals surface area contributed by atoms with Gasteiger partial charge in [0.2, 0.25) is 5.52 Å². The van der Waals surface area contributed by atoms with Crippen LogP contribution < -0.4 is 4.57 Å². The van der Waals surface area contributed by atoms with Gasteiger partial charge in [-0.25, -0.2) is 4.57 Å². The molecule has 2 saturated carbocycles. The van der Waals surface area contributed by atoms with Gasteiger partial charge in [0.05, 0.1) is 27.3 Å². The number of fused-ring (bicyclic) bond motifs is 7. The molecule has 8 rings (SSSR count). The highest BCUT2D eigenvalue weighted by Crippen LogP contribution is 2.53. The van der Waals surface area contributed by atoms with Crippen molar-refractivity contribution in [2.24, 2.45) is 18.9 Å². The molecule has 0 saturated heterocycles. The van der Waals surface area contributed by atoms with E-state index in [1.807, 2.05) is 0 Å². The third kappa shape index (κ3) is 2.22. The molecule has 0 amide bonds. The van der Waals surface area contributed by atoms with Crippen LogP contribution in [0.25, 0.3) is 49.0 Å². The third-order valence-electron chi connectivity index (χ3n) is 9.17. The second kappa shape index (κ2) is 6.05. The maximum atomic E-state index is 2.60. The van der Waals surface area contributed by atoms with Crippen molar-refractivity contribution < 1.29 is 4.57 Å². The van der Waals surface area contributed by atoms with Crippen molar-refractivity contribution in [3.63, 3.8) is 0 Å². The first kappa shape index (κ1) is 18.3. The molecule has 3 heterocycles. The maximum Gasteiger partial charge on any atom is 0.224 e. The van der Waals surface area contributed by atoms with E-state index in [9.17, 15) is 0 Å². The molecule has 0 N–H and O–H groups in total. The van der Waals surface area contributed by atoms with E-state index in [1.165, 1.54) is 85.8 Å². The fraction of sp³-hybridized carbons (Fsp3) is 0.323. The van der Waals surface area contributed by atoms with Gasteiger partial charge in [0.1, 0.15) is 7.05 Å². The van der Waals surface area contributed by atoms with E-state index in [4.69, 9.17) is 0 Å². The lowest BCUT2D eigenvalue weighted by atomic mass is 9.82. The van der Waals surface area contributed by atoms with Crippen LogP contribution in [0.5, 0.6) is 0 Å². The molecule has 0 radical (unpaired) electrons. The molecule has 2 bridgehead atoms. The lowest BCUT2D eigenvalue weighted by Crippen LogP contribution is -2.29. The van der Waals surface area contributed by atoms with Crippen LogP contribution in [0.1, 0.15) is 48.3 Å². The van der Waals surface area contributed by atoms with Gasteiger partial charge in [-0.2, -0.15) is 0 Å². The highest BCUT2D eigenvalue weighted by atomic mass is 15.0. The number of aromatic nitrogens is 2. The summed E-state index contributed by atoms with van der Waals surface area (Å²) in [6.45, 7) is 4.48. The van der Waals surface area contributed by atoms with Crippen LogP contribution in [-0.2, 0) is 7.05 Å². The van der Waals surface area contributed by atoms with E-state index < -0.39 is 0 Å². The topological polar surface area (TPSA) is 8.29 Å². The van der Waals surface area contributed by atoms with Crippen molar-refractivity contribution in [2.75, 3.05) is 0 Å². The molecule has 0 aliphatic heterocycles. The monoisotopic (exact) mass is 429 g/mol. The molecule has 2 aliphatic carbocycles. The Morgan fingerprint density at radius 1 is 0.848 bits per heavy atom. The molecule has 3 unspecified atom stereocenters. The van der Waals surface area contributed by atoms with Crippen LogP contribution in [-0.4, -0.2) is 4.40 Å². The Morgan fingerprint density at radius 2 is 1.76 bits per heavy atom. The molecule has 3 aromatic heterocycles. The second-order valence-electron chi connectivity index (χ2n) is 11.1. The normalized spacial score (nSPS) is 22.8. The van der Waals surface area contributed by atoms with Gasteiger partial charge < -0.3 is 4.40 Å². The highest BCUT2D eigenvalue weighted by Gasteiger charge is 2.40. The van der Waals surface area contributed by atoms with Crippen molar-refractivity contribution in [1.29, 1.82) is 0 Å². The molecule has 2 nitrogen and oxygen atoms in total.